The van der Waals surface area contributed by atoms with E-state index >= 15 is 0 Å². The quantitative estimate of drug-likeness (QED) is 0.454. The molecule has 0 aliphatic rings. The summed E-state index contributed by atoms with van der Waals surface area (Å²) in [5.41, 5.74) is 1.11. The molecule has 132 valence electrons. The maximum absolute atomic E-state index is 8.86. The van der Waals surface area contributed by atoms with Crippen LogP contribution < -0.4 is 14.8 Å². The zero-order chi connectivity index (χ0) is 17.2. The van der Waals surface area contributed by atoms with Gasteiger partial charge in [0.2, 0.25) is 5.16 Å². The number of aromatic nitrogens is 4. The van der Waals surface area contributed by atoms with Gasteiger partial charge in [-0.2, -0.15) is 0 Å². The lowest BCUT2D eigenvalue weighted by atomic mass is 10.2. The lowest BCUT2D eigenvalue weighted by Gasteiger charge is -2.13. The second-order valence-corrected chi connectivity index (χ2v) is 5.96. The van der Waals surface area contributed by atoms with Gasteiger partial charge in [-0.1, -0.05) is 17.8 Å². The van der Waals surface area contributed by atoms with Gasteiger partial charge < -0.3 is 19.9 Å². The van der Waals surface area contributed by atoms with Gasteiger partial charge in [-0.25, -0.2) is 4.68 Å². The number of nitrogens with one attached hydrogen (secondary N) is 1. The maximum Gasteiger partial charge on any atom is 0.209 e. The number of aryl methyl sites for hydroxylation is 1. The molecule has 0 fully saturated rings. The Morgan fingerprint density at radius 2 is 2.17 bits per heavy atom. The van der Waals surface area contributed by atoms with Gasteiger partial charge in [0.25, 0.3) is 0 Å². The highest BCUT2D eigenvalue weighted by atomic mass is 32.2. The van der Waals surface area contributed by atoms with Crippen LogP contribution >= 0.6 is 11.8 Å². The zero-order valence-electron chi connectivity index (χ0n) is 13.9. The molecule has 0 amide bonds. The summed E-state index contributed by atoms with van der Waals surface area (Å²) in [7, 11) is 1.82. The molecule has 1 heterocycles. The normalized spacial score (nSPS) is 10.8. The van der Waals surface area contributed by atoms with E-state index in [0.29, 0.717) is 18.1 Å². The molecule has 2 N–H and O–H groups in total. The van der Waals surface area contributed by atoms with Gasteiger partial charge >= 0.3 is 0 Å². The molecule has 0 radical (unpaired) electrons. The highest BCUT2D eigenvalue weighted by molar-refractivity contribution is 7.99. The summed E-state index contributed by atoms with van der Waals surface area (Å²) in [5, 5.41) is 24.4. The molecule has 24 heavy (non-hydrogen) atoms. The zero-order valence-corrected chi connectivity index (χ0v) is 14.8. The van der Waals surface area contributed by atoms with Crippen LogP contribution in [-0.2, 0) is 13.6 Å². The third-order valence-electron chi connectivity index (χ3n) is 3.08. The van der Waals surface area contributed by atoms with Crippen LogP contribution in [0.15, 0.2) is 23.4 Å². The molecule has 0 aliphatic carbocycles. The van der Waals surface area contributed by atoms with Crippen LogP contribution in [0.3, 0.4) is 0 Å². The van der Waals surface area contributed by atoms with Gasteiger partial charge in [0, 0.05) is 25.9 Å². The van der Waals surface area contributed by atoms with Crippen molar-refractivity contribution in [2.45, 2.75) is 18.6 Å². The van der Waals surface area contributed by atoms with Crippen molar-refractivity contribution in [3.05, 3.63) is 23.8 Å². The molecule has 1 aromatic carbocycles. The molecule has 2 rings (SSSR count). The first-order chi connectivity index (χ1) is 11.7. The van der Waals surface area contributed by atoms with Crippen molar-refractivity contribution >= 4 is 11.8 Å². The fourth-order valence-corrected chi connectivity index (χ4v) is 2.74. The molecule has 0 saturated heterocycles. The number of nitrogens with zero attached hydrogens (tertiary/aromatic N) is 4. The number of hydrogen-bond donors (Lipinski definition) is 2. The third kappa shape index (κ3) is 5.66. The Bertz CT molecular complexity index is 623. The molecule has 1 aromatic heterocycles. The van der Waals surface area contributed by atoms with Crippen LogP contribution in [0.5, 0.6) is 11.5 Å². The Balaban J connectivity index is 1.79. The summed E-state index contributed by atoms with van der Waals surface area (Å²) >= 11 is 1.61. The molecular formula is C15H23N5O3S. The predicted octanol–water partition coefficient (Wildman–Crippen LogP) is 0.862. The topological polar surface area (TPSA) is 94.3 Å². The number of aliphatic hydroxyl groups is 1. The van der Waals surface area contributed by atoms with Crippen LogP contribution in [0, 0.1) is 0 Å². The van der Waals surface area contributed by atoms with Crippen molar-refractivity contribution in [2.24, 2.45) is 7.05 Å². The van der Waals surface area contributed by atoms with Gasteiger partial charge in [-0.05, 0) is 35.0 Å². The lowest BCUT2D eigenvalue weighted by molar-refractivity contribution is 0.194. The van der Waals surface area contributed by atoms with Crippen LogP contribution in [0.1, 0.15) is 12.5 Å². The molecule has 8 nitrogen and oxygen atoms in total. The van der Waals surface area contributed by atoms with Gasteiger partial charge in [-0.15, -0.1) is 5.10 Å². The first-order valence-electron chi connectivity index (χ1n) is 7.79. The van der Waals surface area contributed by atoms with E-state index in [1.54, 1.807) is 16.4 Å². The monoisotopic (exact) mass is 353 g/mol. The molecular weight excluding hydrogens is 330 g/mol. The van der Waals surface area contributed by atoms with Crippen molar-refractivity contribution in [2.75, 3.05) is 32.1 Å². The fourth-order valence-electron chi connectivity index (χ4n) is 2.00. The average Bonchev–Trinajstić information content (AvgIpc) is 2.99. The van der Waals surface area contributed by atoms with Crippen LogP contribution in [0.2, 0.25) is 0 Å². The van der Waals surface area contributed by atoms with Crippen molar-refractivity contribution in [1.82, 2.24) is 25.5 Å². The van der Waals surface area contributed by atoms with Crippen molar-refractivity contribution in [1.29, 1.82) is 0 Å². The molecule has 2 aromatic rings. The number of thioether (sulfide) groups is 1. The van der Waals surface area contributed by atoms with Gasteiger partial charge in [0.1, 0.15) is 6.61 Å². The number of ether oxygens (including phenoxy) is 2. The van der Waals surface area contributed by atoms with Crippen molar-refractivity contribution in [3.63, 3.8) is 0 Å². The standard InChI is InChI=1S/C15H23N5O3S/c1-3-22-14-10-12(4-5-13(14)23-8-7-21)11-16-6-9-24-15-17-18-19-20(15)2/h4-5,10,16,21H,3,6-9,11H2,1-2H3. The Hall–Kier alpha value is -1.84. The first-order valence-corrected chi connectivity index (χ1v) is 8.78. The molecule has 0 unspecified atom stereocenters. The molecule has 9 heteroatoms. The second kappa shape index (κ2) is 10.1. The summed E-state index contributed by atoms with van der Waals surface area (Å²) in [6.45, 7) is 4.30. The highest BCUT2D eigenvalue weighted by Gasteiger charge is 2.07. The highest BCUT2D eigenvalue weighted by Crippen LogP contribution is 2.28. The van der Waals surface area contributed by atoms with Crippen molar-refractivity contribution < 1.29 is 14.6 Å². The minimum absolute atomic E-state index is 0.0203. The largest absolute Gasteiger partial charge is 0.490 e. The van der Waals surface area contributed by atoms with Gasteiger partial charge in [-0.3, -0.25) is 0 Å². The summed E-state index contributed by atoms with van der Waals surface area (Å²) in [6.07, 6.45) is 0. The van der Waals surface area contributed by atoms with Crippen LogP contribution in [-0.4, -0.2) is 57.4 Å². The van der Waals surface area contributed by atoms with E-state index in [0.717, 1.165) is 29.6 Å². The van der Waals surface area contributed by atoms with Crippen LogP contribution in [0.4, 0.5) is 0 Å². The van der Waals surface area contributed by atoms with E-state index in [2.05, 4.69) is 20.8 Å². The summed E-state index contributed by atoms with van der Waals surface area (Å²) in [6, 6.07) is 5.82. The average molecular weight is 353 g/mol. The number of hydrogen-bond acceptors (Lipinski definition) is 8. The molecule has 0 aliphatic heterocycles. The molecule has 0 bridgehead atoms. The summed E-state index contributed by atoms with van der Waals surface area (Å²) < 4.78 is 12.7. The Morgan fingerprint density at radius 3 is 2.88 bits per heavy atom. The fraction of sp³-hybridized carbons (Fsp3) is 0.533. The summed E-state index contributed by atoms with van der Waals surface area (Å²) in [5.74, 6) is 2.23. The maximum atomic E-state index is 8.86. The number of rotatable bonds is 11. The first kappa shape index (κ1) is 18.5. The number of tetrazole rings is 1. The second-order valence-electron chi connectivity index (χ2n) is 4.90. The molecule has 0 atom stereocenters. The lowest BCUT2D eigenvalue weighted by Crippen LogP contribution is -2.17. The van der Waals surface area contributed by atoms with E-state index in [9.17, 15) is 0 Å². The number of aliphatic hydroxyl groups excluding tert-OH is 1. The van der Waals surface area contributed by atoms with Gasteiger partial charge in [0.05, 0.1) is 13.2 Å². The third-order valence-corrected chi connectivity index (χ3v) is 4.09. The predicted molar refractivity (Wildman–Crippen MR) is 91.4 cm³/mol. The van der Waals surface area contributed by atoms with Crippen molar-refractivity contribution in [3.8, 4) is 11.5 Å². The SMILES string of the molecule is CCOc1cc(CNCCSc2nnnn2C)ccc1OCCO. The Morgan fingerprint density at radius 1 is 1.29 bits per heavy atom. The van der Waals surface area contributed by atoms with E-state index < -0.39 is 0 Å². The van der Waals surface area contributed by atoms with Crippen LogP contribution in [0.25, 0.3) is 0 Å². The minimum Gasteiger partial charge on any atom is -0.490 e. The van der Waals surface area contributed by atoms with E-state index in [4.69, 9.17) is 14.6 Å². The van der Waals surface area contributed by atoms with E-state index in [1.807, 2.05) is 32.2 Å². The van der Waals surface area contributed by atoms with E-state index in [1.165, 1.54) is 0 Å². The van der Waals surface area contributed by atoms with E-state index in [-0.39, 0.29) is 13.2 Å². The smallest absolute Gasteiger partial charge is 0.209 e. The summed E-state index contributed by atoms with van der Waals surface area (Å²) in [4.78, 5) is 0. The Labute approximate surface area is 145 Å². The Kier molecular flexibility index (Phi) is 7.80. The molecule has 0 saturated carbocycles. The number of benzene rings is 1. The minimum atomic E-state index is -0.0203. The van der Waals surface area contributed by atoms with Gasteiger partial charge in [0.15, 0.2) is 11.5 Å². The molecule has 0 spiro atoms.